The summed E-state index contributed by atoms with van der Waals surface area (Å²) in [5.74, 6) is -0.345. The number of aliphatic hydroxyl groups excluding tert-OH is 1. The Balaban J connectivity index is 1.45. The second-order valence-corrected chi connectivity index (χ2v) is 7.58. The minimum Gasteiger partial charge on any atom is -0.481 e. The van der Waals surface area contributed by atoms with E-state index in [4.69, 9.17) is 5.11 Å². The summed E-state index contributed by atoms with van der Waals surface area (Å²) >= 11 is 0. The van der Waals surface area contributed by atoms with Crippen molar-refractivity contribution in [2.24, 2.45) is 0 Å². The third-order valence-electron chi connectivity index (χ3n) is 5.26. The number of aliphatic hydroxyl groups is 1. The molecular weight excluding hydrogens is 388 g/mol. The van der Waals surface area contributed by atoms with Crippen molar-refractivity contribution in [3.05, 3.63) is 41.2 Å². The Bertz CT molecular complexity index is 870. The first-order valence-electron chi connectivity index (χ1n) is 10.2. The molecule has 2 aromatic rings. The topological polar surface area (TPSA) is 133 Å². The number of nitrogens with zero attached hydrogens (tertiary/aromatic N) is 5. The van der Waals surface area contributed by atoms with Gasteiger partial charge in [-0.25, -0.2) is 4.68 Å². The molecule has 1 amide bonds. The molecule has 1 aliphatic rings. The molecule has 0 spiro atoms. The van der Waals surface area contributed by atoms with Gasteiger partial charge in [0.05, 0.1) is 18.6 Å². The van der Waals surface area contributed by atoms with Crippen LogP contribution in [-0.4, -0.2) is 66.4 Å². The molecule has 10 nitrogen and oxygen atoms in total. The van der Waals surface area contributed by atoms with Gasteiger partial charge in [-0.2, -0.15) is 0 Å². The van der Waals surface area contributed by atoms with Gasteiger partial charge in [0, 0.05) is 32.6 Å². The number of fused-ring (bicyclic) bond motifs is 1. The molecule has 3 N–H and O–H groups in total. The Morgan fingerprint density at radius 1 is 1.27 bits per heavy atom. The Kier molecular flexibility index (Phi) is 7.47. The predicted octanol–water partition coefficient (Wildman–Crippen LogP) is 0.524. The van der Waals surface area contributed by atoms with Crippen LogP contribution < -0.4 is 5.32 Å². The van der Waals surface area contributed by atoms with E-state index in [-0.39, 0.29) is 24.9 Å². The number of nitrogens with one attached hydrogen (secondary N) is 1. The molecule has 0 saturated carbocycles. The number of tetrazole rings is 1. The number of aryl methyl sites for hydroxylation is 1. The quantitative estimate of drug-likeness (QED) is 0.511. The summed E-state index contributed by atoms with van der Waals surface area (Å²) in [6, 6.07) is 7.96. The van der Waals surface area contributed by atoms with Crippen molar-refractivity contribution in [2.45, 2.75) is 57.8 Å². The van der Waals surface area contributed by atoms with Crippen LogP contribution in [0.2, 0.25) is 0 Å². The molecule has 3 rings (SSSR count). The lowest BCUT2D eigenvalue weighted by Gasteiger charge is -2.29. The molecule has 0 aliphatic carbocycles. The maximum atomic E-state index is 12.6. The summed E-state index contributed by atoms with van der Waals surface area (Å²) in [7, 11) is 0. The van der Waals surface area contributed by atoms with Crippen molar-refractivity contribution in [3.8, 4) is 0 Å². The number of hydrogen-bond acceptors (Lipinski definition) is 7. The van der Waals surface area contributed by atoms with Gasteiger partial charge in [-0.1, -0.05) is 24.3 Å². The molecule has 1 aromatic heterocycles. The Morgan fingerprint density at radius 3 is 2.80 bits per heavy atom. The highest BCUT2D eigenvalue weighted by Gasteiger charge is 2.21. The van der Waals surface area contributed by atoms with Crippen LogP contribution in [0.5, 0.6) is 0 Å². The first kappa shape index (κ1) is 21.8. The van der Waals surface area contributed by atoms with Crippen LogP contribution in [0, 0.1) is 0 Å². The lowest BCUT2D eigenvalue weighted by Crippen LogP contribution is -2.36. The highest BCUT2D eigenvalue weighted by Crippen LogP contribution is 2.19. The van der Waals surface area contributed by atoms with Crippen LogP contribution >= 0.6 is 0 Å². The highest BCUT2D eigenvalue weighted by atomic mass is 16.4. The molecule has 1 aliphatic heterocycles. The van der Waals surface area contributed by atoms with E-state index in [0.29, 0.717) is 31.8 Å². The minimum absolute atomic E-state index is 0.120. The van der Waals surface area contributed by atoms with Gasteiger partial charge in [-0.3, -0.25) is 9.59 Å². The van der Waals surface area contributed by atoms with E-state index < -0.39 is 12.1 Å². The number of carbonyl (C=O) groups excluding carboxylic acids is 1. The average molecular weight is 416 g/mol. The fourth-order valence-electron chi connectivity index (χ4n) is 3.61. The van der Waals surface area contributed by atoms with Gasteiger partial charge in [-0.15, -0.1) is 5.10 Å². The SMILES string of the molecule is CC(NCC(O)CC(=O)O)c1nnnn1CCCC(=O)N1CCc2ccccc2C1. The predicted molar refractivity (Wildman–Crippen MR) is 107 cm³/mol. The molecule has 0 saturated heterocycles. The zero-order valence-corrected chi connectivity index (χ0v) is 17.1. The van der Waals surface area contributed by atoms with E-state index in [1.807, 2.05) is 24.0 Å². The molecular formula is C20H28N6O4. The molecule has 1 aromatic carbocycles. The van der Waals surface area contributed by atoms with Gasteiger partial charge in [0.15, 0.2) is 5.82 Å². The summed E-state index contributed by atoms with van der Waals surface area (Å²) in [6.45, 7) is 3.86. The Hall–Kier alpha value is -2.85. The number of amides is 1. The van der Waals surface area contributed by atoms with Gasteiger partial charge in [0.2, 0.25) is 5.91 Å². The van der Waals surface area contributed by atoms with Crippen molar-refractivity contribution in [2.75, 3.05) is 13.1 Å². The summed E-state index contributed by atoms with van der Waals surface area (Å²) in [5.41, 5.74) is 2.53. The molecule has 0 radical (unpaired) electrons. The molecule has 0 bridgehead atoms. The van der Waals surface area contributed by atoms with Gasteiger partial charge in [0.25, 0.3) is 0 Å². The Morgan fingerprint density at radius 2 is 2.03 bits per heavy atom. The third-order valence-corrected chi connectivity index (χ3v) is 5.26. The average Bonchev–Trinajstić information content (AvgIpc) is 3.19. The summed E-state index contributed by atoms with van der Waals surface area (Å²) in [4.78, 5) is 25.1. The van der Waals surface area contributed by atoms with Crippen molar-refractivity contribution >= 4 is 11.9 Å². The number of carbonyl (C=O) groups is 2. The summed E-state index contributed by atoms with van der Waals surface area (Å²) < 4.78 is 1.64. The highest BCUT2D eigenvalue weighted by molar-refractivity contribution is 5.76. The maximum absolute atomic E-state index is 12.6. The number of carboxylic acid groups (broad SMARTS) is 1. The van der Waals surface area contributed by atoms with Crippen molar-refractivity contribution < 1.29 is 19.8 Å². The minimum atomic E-state index is -1.05. The van der Waals surface area contributed by atoms with Crippen LogP contribution in [0.15, 0.2) is 24.3 Å². The van der Waals surface area contributed by atoms with E-state index in [1.165, 1.54) is 11.1 Å². The molecule has 2 unspecified atom stereocenters. The van der Waals surface area contributed by atoms with E-state index in [9.17, 15) is 14.7 Å². The second kappa shape index (κ2) is 10.3. The zero-order chi connectivity index (χ0) is 21.5. The maximum Gasteiger partial charge on any atom is 0.306 e. The van der Waals surface area contributed by atoms with E-state index in [0.717, 1.165) is 13.0 Å². The summed E-state index contributed by atoms with van der Waals surface area (Å²) in [5, 5.41) is 33.1. The van der Waals surface area contributed by atoms with Crippen LogP contribution in [0.3, 0.4) is 0 Å². The third kappa shape index (κ3) is 5.83. The molecule has 2 heterocycles. The fraction of sp³-hybridized carbons (Fsp3) is 0.550. The monoisotopic (exact) mass is 416 g/mol. The van der Waals surface area contributed by atoms with Crippen LogP contribution in [0.25, 0.3) is 0 Å². The van der Waals surface area contributed by atoms with Crippen LogP contribution in [-0.2, 0) is 29.1 Å². The number of carboxylic acids is 1. The molecule has 0 fully saturated rings. The first-order valence-corrected chi connectivity index (χ1v) is 10.2. The normalized spacial score (nSPS) is 15.5. The molecule has 30 heavy (non-hydrogen) atoms. The van der Waals surface area contributed by atoms with Crippen molar-refractivity contribution in [1.29, 1.82) is 0 Å². The number of benzene rings is 1. The fourth-order valence-corrected chi connectivity index (χ4v) is 3.61. The Labute approximate surface area is 174 Å². The van der Waals surface area contributed by atoms with Crippen LogP contribution in [0.4, 0.5) is 0 Å². The number of aromatic nitrogens is 4. The molecule has 2 atom stereocenters. The molecule has 10 heteroatoms. The number of hydrogen-bond donors (Lipinski definition) is 3. The van der Waals surface area contributed by atoms with Gasteiger partial charge in [0.1, 0.15) is 0 Å². The summed E-state index contributed by atoms with van der Waals surface area (Å²) in [6.07, 6.45) is 0.606. The standard InChI is InChI=1S/C20H28N6O4/c1-14(21-12-17(27)11-19(29)30)20-22-23-24-26(20)9-4-7-18(28)25-10-8-15-5-2-3-6-16(15)13-25/h2-3,5-6,14,17,21,27H,4,7-13H2,1H3,(H,29,30). The van der Waals surface area contributed by atoms with E-state index >= 15 is 0 Å². The van der Waals surface area contributed by atoms with Gasteiger partial charge in [-0.05, 0) is 41.3 Å². The van der Waals surface area contributed by atoms with E-state index in [1.54, 1.807) is 4.68 Å². The smallest absolute Gasteiger partial charge is 0.306 e. The first-order chi connectivity index (χ1) is 14.4. The molecule has 162 valence electrons. The van der Waals surface area contributed by atoms with Gasteiger partial charge >= 0.3 is 5.97 Å². The van der Waals surface area contributed by atoms with Crippen molar-refractivity contribution in [3.63, 3.8) is 0 Å². The lowest BCUT2D eigenvalue weighted by atomic mass is 9.99. The number of rotatable bonds is 10. The van der Waals surface area contributed by atoms with Crippen molar-refractivity contribution in [1.82, 2.24) is 30.4 Å². The lowest BCUT2D eigenvalue weighted by molar-refractivity contribution is -0.139. The van der Waals surface area contributed by atoms with Gasteiger partial charge < -0.3 is 20.4 Å². The largest absolute Gasteiger partial charge is 0.481 e. The second-order valence-electron chi connectivity index (χ2n) is 7.58. The van der Waals surface area contributed by atoms with E-state index in [2.05, 4.69) is 33.0 Å². The number of aliphatic carboxylic acids is 1. The van der Waals surface area contributed by atoms with Crippen LogP contribution in [0.1, 0.15) is 49.2 Å². The zero-order valence-electron chi connectivity index (χ0n) is 17.1.